The molecular formula is C21H29NO4. The topological polar surface area (TPSA) is 77.8 Å². The van der Waals surface area contributed by atoms with Crippen LogP contribution in [0.5, 0.6) is 5.75 Å². The fourth-order valence-corrected chi connectivity index (χ4v) is 3.36. The lowest BCUT2D eigenvalue weighted by Gasteiger charge is -2.27. The highest BCUT2D eigenvalue weighted by molar-refractivity contribution is 6.09. The van der Waals surface area contributed by atoms with Gasteiger partial charge in [-0.1, -0.05) is 52.2 Å². The van der Waals surface area contributed by atoms with Crippen LogP contribution in [0.1, 0.15) is 64.5 Å². The zero-order chi connectivity index (χ0) is 19.3. The minimum atomic E-state index is -0.587. The van der Waals surface area contributed by atoms with Gasteiger partial charge in [0.05, 0.1) is 11.6 Å². The van der Waals surface area contributed by atoms with Gasteiger partial charge >= 0.3 is 0 Å². The van der Waals surface area contributed by atoms with Crippen LogP contribution in [-0.2, 0) is 9.59 Å². The van der Waals surface area contributed by atoms with Crippen LogP contribution in [0.4, 0.5) is 0 Å². The minimum absolute atomic E-state index is 0.121. The highest BCUT2D eigenvalue weighted by atomic mass is 16.3. The molecule has 0 aromatic heterocycles. The van der Waals surface area contributed by atoms with E-state index in [2.05, 4.69) is 6.92 Å². The number of amides is 1. The summed E-state index contributed by atoms with van der Waals surface area (Å²) in [5.41, 5.74) is 0.910. The van der Waals surface area contributed by atoms with Gasteiger partial charge in [0.2, 0.25) is 0 Å². The van der Waals surface area contributed by atoms with Gasteiger partial charge < -0.3 is 15.1 Å². The van der Waals surface area contributed by atoms with Crippen molar-refractivity contribution in [3.8, 4) is 5.75 Å². The molecular weight excluding hydrogens is 330 g/mol. The van der Waals surface area contributed by atoms with Gasteiger partial charge in [0.25, 0.3) is 5.91 Å². The number of nitrogens with zero attached hydrogens (tertiary/aromatic N) is 1. The second kappa shape index (κ2) is 8.88. The Labute approximate surface area is 155 Å². The summed E-state index contributed by atoms with van der Waals surface area (Å²) in [6.07, 6.45) is 4.29. The minimum Gasteiger partial charge on any atom is -0.508 e. The van der Waals surface area contributed by atoms with E-state index < -0.39 is 17.7 Å². The first kappa shape index (κ1) is 20.0. The molecule has 1 aromatic rings. The molecule has 0 aliphatic carbocycles. The molecule has 142 valence electrons. The molecule has 26 heavy (non-hydrogen) atoms. The van der Waals surface area contributed by atoms with E-state index in [-0.39, 0.29) is 29.4 Å². The number of hydrogen-bond acceptors (Lipinski definition) is 4. The fraction of sp³-hybridized carbons (Fsp3) is 0.524. The van der Waals surface area contributed by atoms with Crippen LogP contribution in [0.2, 0.25) is 0 Å². The van der Waals surface area contributed by atoms with Crippen molar-refractivity contribution in [2.45, 2.75) is 58.9 Å². The van der Waals surface area contributed by atoms with Gasteiger partial charge in [0.1, 0.15) is 5.75 Å². The van der Waals surface area contributed by atoms with Gasteiger partial charge in [-0.05, 0) is 30.0 Å². The van der Waals surface area contributed by atoms with Crippen LogP contribution in [0.15, 0.2) is 35.6 Å². The smallest absolute Gasteiger partial charge is 0.290 e. The molecule has 2 rings (SSSR count). The molecule has 0 spiro atoms. The van der Waals surface area contributed by atoms with Crippen molar-refractivity contribution in [1.82, 2.24) is 4.90 Å². The Balaban J connectivity index is 2.35. The quantitative estimate of drug-likeness (QED) is 0.645. The maximum atomic E-state index is 12.7. The van der Waals surface area contributed by atoms with E-state index in [1.54, 1.807) is 17.0 Å². The number of aromatic hydroxyl groups is 1. The Bertz CT molecular complexity index is 676. The Kier molecular flexibility index (Phi) is 6.83. The van der Waals surface area contributed by atoms with Gasteiger partial charge in [0.15, 0.2) is 11.5 Å². The molecule has 0 fully saturated rings. The molecule has 0 saturated carbocycles. The first-order valence-electron chi connectivity index (χ1n) is 9.43. The molecule has 1 aliphatic rings. The van der Waals surface area contributed by atoms with Crippen LogP contribution in [0.25, 0.3) is 0 Å². The van der Waals surface area contributed by atoms with E-state index in [0.717, 1.165) is 31.2 Å². The average Bonchev–Trinajstić information content (AvgIpc) is 2.83. The molecule has 2 N–H and O–H groups in total. The summed E-state index contributed by atoms with van der Waals surface area (Å²) in [6, 6.07) is 5.89. The zero-order valence-electron chi connectivity index (χ0n) is 15.9. The van der Waals surface area contributed by atoms with E-state index in [9.17, 15) is 19.8 Å². The van der Waals surface area contributed by atoms with Crippen LogP contribution in [0.3, 0.4) is 0 Å². The molecule has 1 atom stereocenters. The van der Waals surface area contributed by atoms with E-state index in [0.29, 0.717) is 6.54 Å². The van der Waals surface area contributed by atoms with Gasteiger partial charge in [-0.15, -0.1) is 0 Å². The predicted molar refractivity (Wildman–Crippen MR) is 101 cm³/mol. The molecule has 1 amide bonds. The van der Waals surface area contributed by atoms with Crippen LogP contribution < -0.4 is 0 Å². The van der Waals surface area contributed by atoms with Crippen molar-refractivity contribution >= 4 is 11.7 Å². The van der Waals surface area contributed by atoms with Gasteiger partial charge in [0, 0.05) is 13.0 Å². The number of benzene rings is 1. The van der Waals surface area contributed by atoms with Crippen molar-refractivity contribution in [2.24, 2.45) is 5.92 Å². The third-order valence-electron chi connectivity index (χ3n) is 4.66. The first-order valence-corrected chi connectivity index (χ1v) is 9.43. The molecule has 0 saturated heterocycles. The maximum absolute atomic E-state index is 12.7. The molecule has 1 aromatic carbocycles. The van der Waals surface area contributed by atoms with Crippen molar-refractivity contribution in [1.29, 1.82) is 0 Å². The van der Waals surface area contributed by atoms with Crippen LogP contribution in [0, 0.1) is 5.92 Å². The van der Waals surface area contributed by atoms with E-state index >= 15 is 0 Å². The monoisotopic (exact) mass is 359 g/mol. The second-order valence-corrected chi connectivity index (χ2v) is 7.34. The maximum Gasteiger partial charge on any atom is 0.290 e. The summed E-state index contributed by atoms with van der Waals surface area (Å²) >= 11 is 0. The Hall–Kier alpha value is -2.30. The fourth-order valence-electron chi connectivity index (χ4n) is 3.36. The molecule has 1 aliphatic heterocycles. The second-order valence-electron chi connectivity index (χ2n) is 7.34. The summed E-state index contributed by atoms with van der Waals surface area (Å²) < 4.78 is 0. The molecule has 0 radical (unpaired) electrons. The predicted octanol–water partition coefficient (Wildman–Crippen LogP) is 4.28. The highest BCUT2D eigenvalue weighted by Crippen LogP contribution is 2.39. The summed E-state index contributed by atoms with van der Waals surface area (Å²) in [5, 5.41) is 20.0. The number of carbonyl (C=O) groups is 2. The zero-order valence-corrected chi connectivity index (χ0v) is 15.9. The van der Waals surface area contributed by atoms with Crippen molar-refractivity contribution in [3.05, 3.63) is 41.2 Å². The number of rotatable bonds is 9. The number of ketones is 1. The highest BCUT2D eigenvalue weighted by Gasteiger charge is 2.42. The number of unbranched alkanes of at least 4 members (excludes halogenated alkanes) is 3. The third kappa shape index (κ3) is 4.45. The molecule has 5 heteroatoms. The normalized spacial score (nSPS) is 17.5. The number of aliphatic hydroxyl groups is 1. The van der Waals surface area contributed by atoms with Crippen LogP contribution in [-0.4, -0.2) is 33.3 Å². The molecule has 0 bridgehead atoms. The third-order valence-corrected chi connectivity index (χ3v) is 4.66. The summed E-state index contributed by atoms with van der Waals surface area (Å²) in [4.78, 5) is 27.0. The first-order chi connectivity index (χ1) is 12.4. The Morgan fingerprint density at radius 1 is 1.12 bits per heavy atom. The van der Waals surface area contributed by atoms with Gasteiger partial charge in [-0.25, -0.2) is 0 Å². The number of hydrogen-bond donors (Lipinski definition) is 2. The average molecular weight is 359 g/mol. The summed E-state index contributed by atoms with van der Waals surface area (Å²) in [6.45, 7) is 6.48. The number of carbonyl (C=O) groups excluding carboxylic acids is 2. The lowest BCUT2D eigenvalue weighted by Crippen LogP contribution is -2.32. The van der Waals surface area contributed by atoms with E-state index in [1.165, 1.54) is 12.1 Å². The van der Waals surface area contributed by atoms with E-state index in [1.807, 2.05) is 13.8 Å². The number of phenols is 1. The van der Waals surface area contributed by atoms with Crippen molar-refractivity contribution in [3.63, 3.8) is 0 Å². The van der Waals surface area contributed by atoms with Crippen molar-refractivity contribution in [2.75, 3.05) is 6.54 Å². The number of phenolic OH excluding ortho intramolecular Hbond substituents is 1. The van der Waals surface area contributed by atoms with Gasteiger partial charge in [-0.3, -0.25) is 9.59 Å². The van der Waals surface area contributed by atoms with Gasteiger partial charge in [-0.2, -0.15) is 0 Å². The number of aliphatic hydroxyl groups excluding tert-OH is 1. The largest absolute Gasteiger partial charge is 0.508 e. The standard InChI is InChI=1S/C21H29NO4/c1-4-5-6-7-12-22-19(15-8-10-16(23)11-9-15)18(20(25)21(22)26)17(24)13-14(2)3/h8-11,14,19,23,25H,4-7,12-13H2,1-3H3. The Morgan fingerprint density at radius 3 is 2.35 bits per heavy atom. The number of Topliss-reactive ketones (excluding diaryl/α,β-unsaturated/α-hetero) is 1. The van der Waals surface area contributed by atoms with Crippen LogP contribution >= 0.6 is 0 Å². The molecule has 5 nitrogen and oxygen atoms in total. The van der Waals surface area contributed by atoms with E-state index in [4.69, 9.17) is 0 Å². The molecule has 1 unspecified atom stereocenters. The lowest BCUT2D eigenvalue weighted by molar-refractivity contribution is -0.129. The summed E-state index contributed by atoms with van der Waals surface area (Å²) in [7, 11) is 0. The van der Waals surface area contributed by atoms with Crippen molar-refractivity contribution < 1.29 is 19.8 Å². The Morgan fingerprint density at radius 2 is 1.77 bits per heavy atom. The molecule has 1 heterocycles. The lowest BCUT2D eigenvalue weighted by atomic mass is 9.92. The SMILES string of the molecule is CCCCCCN1C(=O)C(O)=C(C(=O)CC(C)C)C1c1ccc(O)cc1. The summed E-state index contributed by atoms with van der Waals surface area (Å²) in [5.74, 6) is -0.844.